The molecule has 0 aliphatic heterocycles. The van der Waals surface area contributed by atoms with Crippen molar-refractivity contribution in [3.63, 3.8) is 0 Å². The van der Waals surface area contributed by atoms with E-state index in [9.17, 15) is 4.79 Å². The van der Waals surface area contributed by atoms with Crippen LogP contribution in [0.15, 0.2) is 54.6 Å². The van der Waals surface area contributed by atoms with Crippen LogP contribution in [0.2, 0.25) is 0 Å². The first-order valence-corrected chi connectivity index (χ1v) is 8.33. The third kappa shape index (κ3) is 2.89. The molecule has 23 heavy (non-hydrogen) atoms. The molecule has 118 valence electrons. The van der Waals surface area contributed by atoms with Gasteiger partial charge in [0.2, 0.25) is 0 Å². The fourth-order valence-electron chi connectivity index (χ4n) is 4.13. The predicted octanol–water partition coefficient (Wildman–Crippen LogP) is 3.55. The molecule has 2 aromatic rings. The van der Waals surface area contributed by atoms with Crippen LogP contribution in [-0.2, 0) is 11.3 Å². The Morgan fingerprint density at radius 3 is 2.39 bits per heavy atom. The molecule has 2 N–H and O–H groups in total. The highest BCUT2D eigenvalue weighted by Crippen LogP contribution is 2.57. The summed E-state index contributed by atoms with van der Waals surface area (Å²) in [6.07, 6.45) is 2.03. The summed E-state index contributed by atoms with van der Waals surface area (Å²) >= 11 is 0. The highest BCUT2D eigenvalue weighted by molar-refractivity contribution is 5.74. The van der Waals surface area contributed by atoms with Crippen molar-refractivity contribution in [2.45, 2.75) is 25.4 Å². The van der Waals surface area contributed by atoms with Crippen molar-refractivity contribution in [1.29, 1.82) is 0 Å². The second kappa shape index (κ2) is 5.82. The van der Waals surface area contributed by atoms with Crippen LogP contribution < -0.4 is 5.32 Å². The number of carboxylic acid groups (broad SMARTS) is 1. The molecule has 2 atom stereocenters. The maximum atomic E-state index is 11.0. The lowest BCUT2D eigenvalue weighted by atomic mass is 10.0. The first kappa shape index (κ1) is 14.5. The Kier molecular flexibility index (Phi) is 3.66. The number of benzene rings is 2. The molecule has 2 unspecified atom stereocenters. The third-order valence-corrected chi connectivity index (χ3v) is 5.36. The van der Waals surface area contributed by atoms with Crippen LogP contribution in [0.3, 0.4) is 0 Å². The number of carbonyl (C=O) groups is 1. The van der Waals surface area contributed by atoms with Crippen molar-refractivity contribution in [2.75, 3.05) is 0 Å². The summed E-state index contributed by atoms with van der Waals surface area (Å²) in [4.78, 5) is 11.0. The number of hydrogen-bond donors (Lipinski definition) is 2. The maximum absolute atomic E-state index is 11.0. The lowest BCUT2D eigenvalue weighted by molar-refractivity contribution is -0.139. The minimum Gasteiger partial charge on any atom is -0.481 e. The van der Waals surface area contributed by atoms with Crippen LogP contribution in [0, 0.1) is 17.8 Å². The molecule has 2 saturated carbocycles. The summed E-state index contributed by atoms with van der Waals surface area (Å²) in [7, 11) is 0. The highest BCUT2D eigenvalue weighted by atomic mass is 16.4. The quantitative estimate of drug-likeness (QED) is 0.888. The Morgan fingerprint density at radius 2 is 1.70 bits per heavy atom. The standard InChI is InChI=1S/C20H21NO2/c22-20(23)19-17-10-16(11-18(17)19)21-12-13-5-4-8-15(9-13)14-6-2-1-3-7-14/h1-9,16-19,21H,10-12H2,(H,22,23). The Labute approximate surface area is 136 Å². The van der Waals surface area contributed by atoms with Gasteiger partial charge in [0.25, 0.3) is 0 Å². The van der Waals surface area contributed by atoms with Gasteiger partial charge in [-0.05, 0) is 47.4 Å². The van der Waals surface area contributed by atoms with Gasteiger partial charge in [0.15, 0.2) is 0 Å². The van der Waals surface area contributed by atoms with E-state index in [1.807, 2.05) is 6.07 Å². The average molecular weight is 307 g/mol. The van der Waals surface area contributed by atoms with E-state index in [1.54, 1.807) is 0 Å². The lowest BCUT2D eigenvalue weighted by Gasteiger charge is -2.16. The van der Waals surface area contributed by atoms with Gasteiger partial charge in [0.05, 0.1) is 5.92 Å². The fourth-order valence-corrected chi connectivity index (χ4v) is 4.13. The Morgan fingerprint density at radius 1 is 1.00 bits per heavy atom. The van der Waals surface area contributed by atoms with Crippen LogP contribution in [0.5, 0.6) is 0 Å². The van der Waals surface area contributed by atoms with Gasteiger partial charge in [-0.25, -0.2) is 0 Å². The molecule has 0 aromatic heterocycles. The van der Waals surface area contributed by atoms with Gasteiger partial charge in [-0.15, -0.1) is 0 Å². The van der Waals surface area contributed by atoms with Crippen molar-refractivity contribution < 1.29 is 9.90 Å². The summed E-state index contributed by atoms with van der Waals surface area (Å²) in [5.41, 5.74) is 3.76. The van der Waals surface area contributed by atoms with Crippen LogP contribution in [0.4, 0.5) is 0 Å². The van der Waals surface area contributed by atoms with Gasteiger partial charge in [-0.3, -0.25) is 4.79 Å². The number of rotatable bonds is 5. The zero-order valence-electron chi connectivity index (χ0n) is 13.0. The van der Waals surface area contributed by atoms with Crippen LogP contribution in [-0.4, -0.2) is 17.1 Å². The van der Waals surface area contributed by atoms with Gasteiger partial charge >= 0.3 is 5.97 Å². The molecule has 2 fully saturated rings. The van der Waals surface area contributed by atoms with E-state index in [0.29, 0.717) is 17.9 Å². The molecule has 4 rings (SSSR count). The van der Waals surface area contributed by atoms with Gasteiger partial charge < -0.3 is 10.4 Å². The number of fused-ring (bicyclic) bond motifs is 1. The van der Waals surface area contributed by atoms with Gasteiger partial charge in [0.1, 0.15) is 0 Å². The normalized spacial score (nSPS) is 28.3. The summed E-state index contributed by atoms with van der Waals surface area (Å²) < 4.78 is 0. The van der Waals surface area contributed by atoms with Gasteiger partial charge in [-0.2, -0.15) is 0 Å². The molecule has 3 nitrogen and oxygen atoms in total. The molecule has 0 radical (unpaired) electrons. The van der Waals surface area contributed by atoms with E-state index in [-0.39, 0.29) is 5.92 Å². The molecule has 0 bridgehead atoms. The molecule has 0 heterocycles. The van der Waals surface area contributed by atoms with E-state index in [4.69, 9.17) is 5.11 Å². The van der Waals surface area contributed by atoms with Gasteiger partial charge in [0, 0.05) is 12.6 Å². The van der Waals surface area contributed by atoms with Crippen molar-refractivity contribution in [3.8, 4) is 11.1 Å². The second-order valence-corrected chi connectivity index (χ2v) is 6.81. The molecule has 0 saturated heterocycles. The monoisotopic (exact) mass is 307 g/mol. The van der Waals surface area contributed by atoms with E-state index in [2.05, 4.69) is 53.8 Å². The third-order valence-electron chi connectivity index (χ3n) is 5.36. The average Bonchev–Trinajstić information content (AvgIpc) is 3.11. The largest absolute Gasteiger partial charge is 0.481 e. The fraction of sp³-hybridized carbons (Fsp3) is 0.350. The summed E-state index contributed by atoms with van der Waals surface area (Å²) in [5.74, 6) is 0.171. The number of nitrogens with one attached hydrogen (secondary N) is 1. The summed E-state index contributed by atoms with van der Waals surface area (Å²) in [6.45, 7) is 0.850. The minimum atomic E-state index is -0.603. The number of hydrogen-bond acceptors (Lipinski definition) is 2. The van der Waals surface area contributed by atoms with E-state index in [1.165, 1.54) is 16.7 Å². The Hall–Kier alpha value is -2.13. The molecule has 3 heteroatoms. The van der Waals surface area contributed by atoms with Crippen molar-refractivity contribution in [2.24, 2.45) is 17.8 Å². The smallest absolute Gasteiger partial charge is 0.307 e. The molecule has 0 spiro atoms. The molecule has 0 amide bonds. The molecular formula is C20H21NO2. The summed E-state index contributed by atoms with van der Waals surface area (Å²) in [6, 6.07) is 19.5. The van der Waals surface area contributed by atoms with Crippen molar-refractivity contribution >= 4 is 5.97 Å². The zero-order chi connectivity index (χ0) is 15.8. The van der Waals surface area contributed by atoms with Crippen LogP contribution in [0.1, 0.15) is 18.4 Å². The number of aliphatic carboxylic acids is 1. The van der Waals surface area contributed by atoms with E-state index >= 15 is 0 Å². The first-order chi connectivity index (χ1) is 11.2. The SMILES string of the molecule is O=C(O)C1C2CC(NCc3cccc(-c4ccccc4)c3)CC21. The zero-order valence-corrected chi connectivity index (χ0v) is 13.0. The van der Waals surface area contributed by atoms with E-state index < -0.39 is 5.97 Å². The molecule has 2 aliphatic rings. The maximum Gasteiger partial charge on any atom is 0.307 e. The Balaban J connectivity index is 1.35. The molecular weight excluding hydrogens is 286 g/mol. The van der Waals surface area contributed by atoms with Crippen molar-refractivity contribution in [3.05, 3.63) is 60.2 Å². The Bertz CT molecular complexity index is 701. The first-order valence-electron chi connectivity index (χ1n) is 8.33. The molecule has 2 aromatic carbocycles. The van der Waals surface area contributed by atoms with Crippen LogP contribution in [0.25, 0.3) is 11.1 Å². The molecule has 2 aliphatic carbocycles. The lowest BCUT2D eigenvalue weighted by Crippen LogP contribution is -2.28. The van der Waals surface area contributed by atoms with Crippen molar-refractivity contribution in [1.82, 2.24) is 5.32 Å². The second-order valence-electron chi connectivity index (χ2n) is 6.81. The number of carboxylic acids is 1. The predicted molar refractivity (Wildman–Crippen MR) is 89.8 cm³/mol. The summed E-state index contributed by atoms with van der Waals surface area (Å²) in [5, 5.41) is 12.7. The topological polar surface area (TPSA) is 49.3 Å². The van der Waals surface area contributed by atoms with Crippen LogP contribution >= 0.6 is 0 Å². The van der Waals surface area contributed by atoms with E-state index in [0.717, 1.165) is 19.4 Å². The minimum absolute atomic E-state index is 0.0607. The van der Waals surface area contributed by atoms with Gasteiger partial charge in [-0.1, -0.05) is 48.5 Å². The highest BCUT2D eigenvalue weighted by Gasteiger charge is 2.59.